The highest BCUT2D eigenvalue weighted by Gasteiger charge is 2.41. The quantitative estimate of drug-likeness (QED) is 0.436. The van der Waals surface area contributed by atoms with Crippen LogP contribution in [-0.2, 0) is 0 Å². The van der Waals surface area contributed by atoms with Crippen LogP contribution in [0, 0.1) is 16.7 Å². The molecule has 1 saturated carbocycles. The van der Waals surface area contributed by atoms with E-state index in [0.717, 1.165) is 6.42 Å². The molecule has 0 saturated heterocycles. The molecular formula is C24H38. The molecule has 0 heterocycles. The van der Waals surface area contributed by atoms with Gasteiger partial charge in [0.2, 0.25) is 0 Å². The molecule has 0 amide bonds. The second-order valence-corrected chi connectivity index (χ2v) is 8.44. The van der Waals surface area contributed by atoms with Gasteiger partial charge in [0.1, 0.15) is 0 Å². The fourth-order valence-electron chi connectivity index (χ4n) is 4.51. The maximum Gasteiger partial charge on any atom is -0.00952 e. The lowest BCUT2D eigenvalue weighted by atomic mass is 9.73. The summed E-state index contributed by atoms with van der Waals surface area (Å²) in [4.78, 5) is 0. The molecule has 1 atom stereocenters. The van der Waals surface area contributed by atoms with E-state index in [1.54, 1.807) is 11.1 Å². The van der Waals surface area contributed by atoms with Crippen molar-refractivity contribution in [1.82, 2.24) is 0 Å². The SMILES string of the molecule is C=C/C(C)=C(\C=C/C)C(C)(C)CC1CC(C)(C)C(=C/CC)/C1=C\C. The van der Waals surface area contributed by atoms with E-state index in [9.17, 15) is 0 Å². The van der Waals surface area contributed by atoms with Gasteiger partial charge in [0.15, 0.2) is 0 Å². The molecule has 0 spiro atoms. The van der Waals surface area contributed by atoms with Crippen LogP contribution in [0.4, 0.5) is 0 Å². The van der Waals surface area contributed by atoms with Crippen molar-refractivity contribution in [3.63, 3.8) is 0 Å². The first-order valence-electron chi connectivity index (χ1n) is 9.48. The average molecular weight is 327 g/mol. The zero-order chi connectivity index (χ0) is 18.5. The van der Waals surface area contributed by atoms with Gasteiger partial charge < -0.3 is 0 Å². The monoisotopic (exact) mass is 326 g/mol. The Balaban J connectivity index is 3.24. The van der Waals surface area contributed by atoms with Crippen LogP contribution in [0.3, 0.4) is 0 Å². The van der Waals surface area contributed by atoms with Crippen molar-refractivity contribution in [2.75, 3.05) is 0 Å². The van der Waals surface area contributed by atoms with E-state index >= 15 is 0 Å². The van der Waals surface area contributed by atoms with Gasteiger partial charge in [0, 0.05) is 0 Å². The summed E-state index contributed by atoms with van der Waals surface area (Å²) < 4.78 is 0. The Morgan fingerprint density at radius 1 is 1.29 bits per heavy atom. The summed E-state index contributed by atoms with van der Waals surface area (Å²) in [6, 6.07) is 0. The highest BCUT2D eigenvalue weighted by atomic mass is 14.5. The van der Waals surface area contributed by atoms with Crippen molar-refractivity contribution in [2.24, 2.45) is 16.7 Å². The molecule has 0 aromatic rings. The molecule has 0 aliphatic heterocycles. The second-order valence-electron chi connectivity index (χ2n) is 8.44. The van der Waals surface area contributed by atoms with Gasteiger partial charge in [-0.2, -0.15) is 0 Å². The summed E-state index contributed by atoms with van der Waals surface area (Å²) >= 11 is 0. The summed E-state index contributed by atoms with van der Waals surface area (Å²) in [5.74, 6) is 0.635. The van der Waals surface area contributed by atoms with Gasteiger partial charge >= 0.3 is 0 Å². The van der Waals surface area contributed by atoms with Gasteiger partial charge in [-0.1, -0.05) is 71.6 Å². The molecule has 134 valence electrons. The first-order chi connectivity index (χ1) is 11.1. The number of rotatable bonds is 6. The highest BCUT2D eigenvalue weighted by Crippen LogP contribution is 2.53. The van der Waals surface area contributed by atoms with Crippen LogP contribution in [0.5, 0.6) is 0 Å². The van der Waals surface area contributed by atoms with Gasteiger partial charge in [-0.05, 0) is 79.1 Å². The van der Waals surface area contributed by atoms with Crippen LogP contribution >= 0.6 is 0 Å². The van der Waals surface area contributed by atoms with Crippen LogP contribution in [-0.4, -0.2) is 0 Å². The Bertz CT molecular complexity index is 573. The first-order valence-corrected chi connectivity index (χ1v) is 9.48. The van der Waals surface area contributed by atoms with E-state index in [1.165, 1.54) is 24.0 Å². The Labute approximate surface area is 151 Å². The van der Waals surface area contributed by atoms with E-state index in [2.05, 4.69) is 86.3 Å². The van der Waals surface area contributed by atoms with Gasteiger partial charge in [-0.15, -0.1) is 0 Å². The Hall–Kier alpha value is -1.30. The van der Waals surface area contributed by atoms with Crippen molar-refractivity contribution in [3.8, 4) is 0 Å². The largest absolute Gasteiger partial charge is 0.0988 e. The predicted octanol–water partition coefficient (Wildman–Crippen LogP) is 7.81. The Morgan fingerprint density at radius 3 is 2.38 bits per heavy atom. The molecule has 0 aromatic heterocycles. The molecule has 0 heteroatoms. The Kier molecular flexibility index (Phi) is 7.08. The molecule has 1 aliphatic rings. The zero-order valence-electron chi connectivity index (χ0n) is 17.3. The smallest absolute Gasteiger partial charge is 0.00952 e. The van der Waals surface area contributed by atoms with E-state index in [-0.39, 0.29) is 10.8 Å². The Morgan fingerprint density at radius 2 is 1.92 bits per heavy atom. The van der Waals surface area contributed by atoms with Crippen molar-refractivity contribution >= 4 is 0 Å². The normalized spacial score (nSPS) is 25.6. The summed E-state index contributed by atoms with van der Waals surface area (Å²) in [7, 11) is 0. The van der Waals surface area contributed by atoms with Crippen molar-refractivity contribution in [2.45, 2.75) is 74.7 Å². The molecule has 1 rings (SSSR count). The molecule has 1 unspecified atom stereocenters. The van der Waals surface area contributed by atoms with Crippen LogP contribution in [0.15, 0.2) is 59.3 Å². The third-order valence-corrected chi connectivity index (χ3v) is 5.51. The average Bonchev–Trinajstić information content (AvgIpc) is 2.73. The standard InChI is InChI=1S/C24H38/c1-10-14-21(18(5)12-3)23(6,7)16-19-17-24(8,9)22(15-11-2)20(19)13-4/h10,12-15,19H,3,11,16-17H2,1-2,4-9H3/b14-10-,20-13-,21-18+,22-15+. The third-order valence-electron chi connectivity index (χ3n) is 5.51. The molecule has 0 aromatic carbocycles. The molecular weight excluding hydrogens is 288 g/mol. The van der Waals surface area contributed by atoms with Crippen molar-refractivity contribution in [1.29, 1.82) is 0 Å². The molecule has 1 fully saturated rings. The number of hydrogen-bond acceptors (Lipinski definition) is 0. The number of allylic oxidation sites excluding steroid dienone is 9. The lowest BCUT2D eigenvalue weighted by Crippen LogP contribution is -2.20. The van der Waals surface area contributed by atoms with Crippen LogP contribution in [0.2, 0.25) is 0 Å². The van der Waals surface area contributed by atoms with Crippen LogP contribution < -0.4 is 0 Å². The van der Waals surface area contributed by atoms with Crippen molar-refractivity contribution in [3.05, 3.63) is 59.3 Å². The van der Waals surface area contributed by atoms with Crippen LogP contribution in [0.1, 0.15) is 74.7 Å². The van der Waals surface area contributed by atoms with E-state index < -0.39 is 0 Å². The van der Waals surface area contributed by atoms with E-state index in [0.29, 0.717) is 5.92 Å². The minimum absolute atomic E-state index is 0.140. The predicted molar refractivity (Wildman–Crippen MR) is 110 cm³/mol. The maximum atomic E-state index is 3.99. The summed E-state index contributed by atoms with van der Waals surface area (Å²) in [6.45, 7) is 22.3. The number of hydrogen-bond donors (Lipinski definition) is 0. The van der Waals surface area contributed by atoms with E-state index in [4.69, 9.17) is 0 Å². The maximum absolute atomic E-state index is 3.99. The lowest BCUT2D eigenvalue weighted by Gasteiger charge is -2.31. The van der Waals surface area contributed by atoms with Gasteiger partial charge in [-0.25, -0.2) is 0 Å². The molecule has 0 nitrogen and oxygen atoms in total. The molecule has 1 aliphatic carbocycles. The highest BCUT2D eigenvalue weighted by molar-refractivity contribution is 5.44. The fourth-order valence-corrected chi connectivity index (χ4v) is 4.51. The van der Waals surface area contributed by atoms with Crippen molar-refractivity contribution < 1.29 is 0 Å². The van der Waals surface area contributed by atoms with E-state index in [1.807, 2.05) is 6.08 Å². The van der Waals surface area contributed by atoms with Gasteiger partial charge in [-0.3, -0.25) is 0 Å². The minimum Gasteiger partial charge on any atom is -0.0988 e. The molecule has 0 N–H and O–H groups in total. The fraction of sp³-hybridized carbons (Fsp3) is 0.583. The van der Waals surface area contributed by atoms with Gasteiger partial charge in [0.05, 0.1) is 0 Å². The lowest BCUT2D eigenvalue weighted by molar-refractivity contribution is 0.312. The molecule has 24 heavy (non-hydrogen) atoms. The second kappa shape index (κ2) is 8.19. The zero-order valence-corrected chi connectivity index (χ0v) is 17.3. The van der Waals surface area contributed by atoms with Gasteiger partial charge in [0.25, 0.3) is 0 Å². The topological polar surface area (TPSA) is 0 Å². The molecule has 0 radical (unpaired) electrons. The molecule has 0 bridgehead atoms. The summed E-state index contributed by atoms with van der Waals surface area (Å²) in [6.07, 6.45) is 14.8. The van der Waals surface area contributed by atoms with Crippen LogP contribution in [0.25, 0.3) is 0 Å². The third kappa shape index (κ3) is 4.41. The minimum atomic E-state index is 0.140. The summed E-state index contributed by atoms with van der Waals surface area (Å²) in [5, 5.41) is 0. The summed E-state index contributed by atoms with van der Waals surface area (Å²) in [5.41, 5.74) is 6.29. The first kappa shape index (κ1) is 20.7.